The summed E-state index contributed by atoms with van der Waals surface area (Å²) in [7, 11) is 0. The zero-order valence-electron chi connectivity index (χ0n) is 19.2. The standard InChI is InChI=1S/C22H38N4O4/c1-20(2,3)16-6-8-22(9-7-16)18(28)26(19(29)24-22)14-17(27)23-15-21(4,5)25-10-12-30-13-11-25/h16H,6-15H2,1-5H3,(H,23,27)(H,24,29). The van der Waals surface area contributed by atoms with Crippen molar-refractivity contribution in [2.45, 2.75) is 71.4 Å². The predicted octanol–water partition coefficient (Wildman–Crippen LogP) is 1.74. The van der Waals surface area contributed by atoms with Gasteiger partial charge in [0.1, 0.15) is 12.1 Å². The Morgan fingerprint density at radius 3 is 2.30 bits per heavy atom. The predicted molar refractivity (Wildman–Crippen MR) is 114 cm³/mol. The van der Waals surface area contributed by atoms with E-state index in [4.69, 9.17) is 4.74 Å². The molecule has 1 saturated carbocycles. The van der Waals surface area contributed by atoms with Crippen molar-refractivity contribution in [3.8, 4) is 0 Å². The Hall–Kier alpha value is -1.67. The fraction of sp³-hybridized carbons (Fsp3) is 0.864. The van der Waals surface area contributed by atoms with Crippen LogP contribution in [0.1, 0.15) is 60.3 Å². The number of morpholine rings is 1. The molecule has 8 heteroatoms. The normalized spacial score (nSPS) is 28.7. The molecule has 3 aliphatic rings. The molecule has 0 atom stereocenters. The Bertz CT molecular complexity index is 671. The van der Waals surface area contributed by atoms with Crippen LogP contribution in [-0.2, 0) is 14.3 Å². The first-order valence-corrected chi connectivity index (χ1v) is 11.2. The summed E-state index contributed by atoms with van der Waals surface area (Å²) in [6.45, 7) is 14.1. The van der Waals surface area contributed by atoms with Crippen LogP contribution in [0.15, 0.2) is 0 Å². The number of urea groups is 1. The topological polar surface area (TPSA) is 91.0 Å². The van der Waals surface area contributed by atoms with E-state index >= 15 is 0 Å². The summed E-state index contributed by atoms with van der Waals surface area (Å²) < 4.78 is 5.39. The van der Waals surface area contributed by atoms with Gasteiger partial charge in [-0.25, -0.2) is 4.79 Å². The maximum absolute atomic E-state index is 13.1. The highest BCUT2D eigenvalue weighted by molar-refractivity contribution is 6.09. The van der Waals surface area contributed by atoms with Gasteiger partial charge in [-0.3, -0.25) is 19.4 Å². The van der Waals surface area contributed by atoms with Gasteiger partial charge in [0.25, 0.3) is 5.91 Å². The second-order valence-corrected chi connectivity index (χ2v) is 10.7. The number of carbonyl (C=O) groups excluding carboxylic acids is 3. The Labute approximate surface area is 180 Å². The quantitative estimate of drug-likeness (QED) is 0.659. The summed E-state index contributed by atoms with van der Waals surface area (Å²) in [6.07, 6.45) is 3.09. The molecular formula is C22H38N4O4. The van der Waals surface area contributed by atoms with Gasteiger partial charge in [-0.05, 0) is 50.9 Å². The third-order valence-corrected chi connectivity index (χ3v) is 7.20. The highest BCUT2D eigenvalue weighted by Gasteiger charge is 2.53. The van der Waals surface area contributed by atoms with Crippen molar-refractivity contribution in [3.05, 3.63) is 0 Å². The fourth-order valence-corrected chi connectivity index (χ4v) is 4.93. The molecular weight excluding hydrogens is 384 g/mol. The summed E-state index contributed by atoms with van der Waals surface area (Å²) in [4.78, 5) is 41.5. The average Bonchev–Trinajstić information content (AvgIpc) is 2.91. The molecule has 0 bridgehead atoms. The van der Waals surface area contributed by atoms with Gasteiger partial charge < -0.3 is 15.4 Å². The van der Waals surface area contributed by atoms with Crippen LogP contribution in [0, 0.1) is 11.3 Å². The third-order valence-electron chi connectivity index (χ3n) is 7.20. The van der Waals surface area contributed by atoms with Gasteiger partial charge in [0.05, 0.1) is 13.2 Å². The monoisotopic (exact) mass is 422 g/mol. The highest BCUT2D eigenvalue weighted by Crippen LogP contribution is 2.43. The molecule has 3 rings (SSSR count). The molecule has 0 radical (unpaired) electrons. The van der Waals surface area contributed by atoms with Crippen LogP contribution in [0.5, 0.6) is 0 Å². The van der Waals surface area contributed by atoms with E-state index in [1.165, 1.54) is 0 Å². The van der Waals surface area contributed by atoms with E-state index in [0.29, 0.717) is 38.5 Å². The molecule has 170 valence electrons. The number of amides is 4. The number of hydrogen-bond donors (Lipinski definition) is 2. The maximum atomic E-state index is 13.1. The van der Waals surface area contributed by atoms with Crippen LogP contribution in [0.3, 0.4) is 0 Å². The van der Waals surface area contributed by atoms with E-state index < -0.39 is 11.6 Å². The Balaban J connectivity index is 1.53. The fourth-order valence-electron chi connectivity index (χ4n) is 4.93. The summed E-state index contributed by atoms with van der Waals surface area (Å²) in [6, 6.07) is -0.447. The smallest absolute Gasteiger partial charge is 0.325 e. The maximum Gasteiger partial charge on any atom is 0.325 e. The lowest BCUT2D eigenvalue weighted by Gasteiger charge is -2.41. The van der Waals surface area contributed by atoms with Crippen LogP contribution in [-0.4, -0.2) is 78.1 Å². The molecule has 1 aliphatic carbocycles. The van der Waals surface area contributed by atoms with Gasteiger partial charge in [-0.15, -0.1) is 0 Å². The van der Waals surface area contributed by atoms with Gasteiger partial charge in [0.15, 0.2) is 0 Å². The number of hydrogen-bond acceptors (Lipinski definition) is 5. The second kappa shape index (κ2) is 8.46. The minimum Gasteiger partial charge on any atom is -0.379 e. The number of rotatable bonds is 5. The lowest BCUT2D eigenvalue weighted by atomic mass is 9.67. The van der Waals surface area contributed by atoms with Crippen LogP contribution in [0.4, 0.5) is 4.79 Å². The number of nitrogens with zero attached hydrogens (tertiary/aromatic N) is 2. The summed E-state index contributed by atoms with van der Waals surface area (Å²) in [5, 5.41) is 5.82. The van der Waals surface area contributed by atoms with Crippen molar-refractivity contribution in [1.82, 2.24) is 20.4 Å². The number of carbonyl (C=O) groups is 3. The Morgan fingerprint density at radius 1 is 1.13 bits per heavy atom. The SMILES string of the molecule is CC(C)(C)C1CCC2(CC1)NC(=O)N(CC(=O)NCC(C)(C)N1CCOCC1)C2=O. The lowest BCUT2D eigenvalue weighted by Crippen LogP contribution is -2.56. The molecule has 2 saturated heterocycles. The number of nitrogens with one attached hydrogen (secondary N) is 2. The molecule has 0 aromatic heterocycles. The molecule has 8 nitrogen and oxygen atoms in total. The van der Waals surface area contributed by atoms with Crippen LogP contribution < -0.4 is 10.6 Å². The first-order chi connectivity index (χ1) is 13.9. The minimum atomic E-state index is -0.827. The van der Waals surface area contributed by atoms with E-state index in [2.05, 4.69) is 50.2 Å². The van der Waals surface area contributed by atoms with E-state index in [9.17, 15) is 14.4 Å². The zero-order chi connectivity index (χ0) is 22.2. The number of imide groups is 1. The van der Waals surface area contributed by atoms with E-state index in [0.717, 1.165) is 30.8 Å². The Kier molecular flexibility index (Phi) is 6.49. The van der Waals surface area contributed by atoms with Crippen molar-refractivity contribution >= 4 is 17.8 Å². The molecule has 0 unspecified atom stereocenters. The zero-order valence-corrected chi connectivity index (χ0v) is 19.2. The highest BCUT2D eigenvalue weighted by atomic mass is 16.5. The van der Waals surface area contributed by atoms with Gasteiger partial charge in [-0.1, -0.05) is 20.8 Å². The van der Waals surface area contributed by atoms with Gasteiger partial charge in [0, 0.05) is 25.2 Å². The average molecular weight is 423 g/mol. The second-order valence-electron chi connectivity index (χ2n) is 10.7. The molecule has 2 heterocycles. The van der Waals surface area contributed by atoms with Crippen molar-refractivity contribution in [2.24, 2.45) is 11.3 Å². The molecule has 3 fully saturated rings. The van der Waals surface area contributed by atoms with Gasteiger partial charge >= 0.3 is 6.03 Å². The summed E-state index contributed by atoms with van der Waals surface area (Å²) in [5.74, 6) is -0.0182. The molecule has 1 spiro atoms. The van der Waals surface area contributed by atoms with E-state index in [1.54, 1.807) is 0 Å². The largest absolute Gasteiger partial charge is 0.379 e. The lowest BCUT2D eigenvalue weighted by molar-refractivity contribution is -0.136. The van der Waals surface area contributed by atoms with Crippen molar-refractivity contribution in [3.63, 3.8) is 0 Å². The molecule has 0 aromatic carbocycles. The molecule has 0 aromatic rings. The van der Waals surface area contributed by atoms with Crippen LogP contribution in [0.2, 0.25) is 0 Å². The minimum absolute atomic E-state index is 0.195. The van der Waals surface area contributed by atoms with Gasteiger partial charge in [0.2, 0.25) is 5.91 Å². The summed E-state index contributed by atoms with van der Waals surface area (Å²) in [5.41, 5.74) is -0.852. The molecule has 4 amide bonds. The first kappa shape index (κ1) is 23.0. The molecule has 2 aliphatic heterocycles. The van der Waals surface area contributed by atoms with Crippen molar-refractivity contribution in [1.29, 1.82) is 0 Å². The molecule has 30 heavy (non-hydrogen) atoms. The third kappa shape index (κ3) is 4.80. The first-order valence-electron chi connectivity index (χ1n) is 11.2. The van der Waals surface area contributed by atoms with E-state index in [-0.39, 0.29) is 29.3 Å². The molecule has 2 N–H and O–H groups in total. The van der Waals surface area contributed by atoms with Crippen LogP contribution in [0.25, 0.3) is 0 Å². The summed E-state index contributed by atoms with van der Waals surface area (Å²) >= 11 is 0. The van der Waals surface area contributed by atoms with Crippen molar-refractivity contribution in [2.75, 3.05) is 39.4 Å². The van der Waals surface area contributed by atoms with Gasteiger partial charge in [-0.2, -0.15) is 0 Å². The van der Waals surface area contributed by atoms with E-state index in [1.807, 2.05) is 0 Å². The number of ether oxygens (including phenoxy) is 1. The van der Waals surface area contributed by atoms with Crippen LogP contribution >= 0.6 is 0 Å². The Morgan fingerprint density at radius 2 is 1.73 bits per heavy atom. The van der Waals surface area contributed by atoms with Crippen molar-refractivity contribution < 1.29 is 19.1 Å².